The minimum absolute atomic E-state index is 0.144. The van der Waals surface area contributed by atoms with Gasteiger partial charge < -0.3 is 4.90 Å². The van der Waals surface area contributed by atoms with Gasteiger partial charge in [-0.2, -0.15) is 0 Å². The third kappa shape index (κ3) is 3.80. The molecule has 1 saturated heterocycles. The summed E-state index contributed by atoms with van der Waals surface area (Å²) in [6.45, 7) is 0.816. The van der Waals surface area contributed by atoms with Crippen LogP contribution < -0.4 is 0 Å². The predicted octanol–water partition coefficient (Wildman–Crippen LogP) is 3.35. The van der Waals surface area contributed by atoms with Crippen molar-refractivity contribution in [1.29, 1.82) is 0 Å². The fraction of sp³-hybridized carbons (Fsp3) is 0.300. The molecule has 0 radical (unpaired) electrons. The van der Waals surface area contributed by atoms with Gasteiger partial charge in [-0.05, 0) is 49.2 Å². The Morgan fingerprint density at radius 1 is 1.08 bits per heavy atom. The maximum Gasteiger partial charge on any atom is 0.231 e. The second-order valence-electron chi connectivity index (χ2n) is 6.04. The number of hydrogen-bond acceptors (Lipinski definition) is 2. The molecule has 0 N–H and O–H groups in total. The fourth-order valence-electron chi connectivity index (χ4n) is 2.83. The molecule has 1 aliphatic heterocycles. The first-order valence-corrected chi connectivity index (χ1v) is 8.12. The topological polar surface area (TPSA) is 33.2 Å². The number of likely N-dealkylation sites (N-methyl/N-ethyl adjacent to an activating group) is 1. The largest absolute Gasteiger partial charge is 0.345 e. The molecule has 24 heavy (non-hydrogen) atoms. The zero-order valence-electron chi connectivity index (χ0n) is 13.6. The monoisotopic (exact) mass is 322 g/mol. The molecular weight excluding hydrogens is 303 g/mol. The molecule has 1 atom stereocenters. The van der Waals surface area contributed by atoms with Gasteiger partial charge in [0.05, 0.1) is 11.6 Å². The molecule has 0 bridgehead atoms. The van der Waals surface area contributed by atoms with Gasteiger partial charge in [-0.3, -0.25) is 9.78 Å². The van der Waals surface area contributed by atoms with E-state index >= 15 is 0 Å². The van der Waals surface area contributed by atoms with Gasteiger partial charge in [0, 0.05) is 30.9 Å². The Morgan fingerprint density at radius 2 is 1.79 bits per heavy atom. The van der Waals surface area contributed by atoms with Crippen LogP contribution in [0.4, 0.5) is 4.39 Å². The highest BCUT2D eigenvalue weighted by Gasteiger charge is 2.26. The Bertz CT molecular complexity index is 772. The summed E-state index contributed by atoms with van der Waals surface area (Å²) in [7, 11) is 1.85. The zero-order valence-corrected chi connectivity index (χ0v) is 13.6. The van der Waals surface area contributed by atoms with Crippen LogP contribution in [0.3, 0.4) is 0 Å². The van der Waals surface area contributed by atoms with Crippen molar-refractivity contribution in [3.63, 3.8) is 0 Å². The van der Waals surface area contributed by atoms with E-state index in [9.17, 15) is 9.18 Å². The third-order valence-corrected chi connectivity index (χ3v) is 4.25. The first-order valence-electron chi connectivity index (χ1n) is 8.12. The quantitative estimate of drug-likeness (QED) is 0.755. The Balaban J connectivity index is 1.76. The maximum atomic E-state index is 12.9. The number of carbonyl (C=O) groups is 1. The molecule has 0 saturated carbocycles. The second-order valence-corrected chi connectivity index (χ2v) is 6.04. The Morgan fingerprint density at radius 3 is 2.50 bits per heavy atom. The van der Waals surface area contributed by atoms with Crippen molar-refractivity contribution in [2.45, 2.75) is 25.2 Å². The highest BCUT2D eigenvalue weighted by molar-refractivity contribution is 5.83. The molecule has 3 nitrogen and oxygen atoms in total. The average Bonchev–Trinajstić information content (AvgIpc) is 2.77. The molecular formula is C20H19FN2O. The van der Waals surface area contributed by atoms with Crippen LogP contribution in [-0.4, -0.2) is 29.4 Å². The first kappa shape index (κ1) is 16.2. The number of nitrogens with zero attached hydrogens (tertiary/aromatic N) is 2. The lowest BCUT2D eigenvalue weighted by atomic mass is 9.97. The molecule has 3 rings (SSSR count). The average molecular weight is 322 g/mol. The summed E-state index contributed by atoms with van der Waals surface area (Å²) in [6, 6.07) is 9.83. The molecule has 1 aliphatic rings. The van der Waals surface area contributed by atoms with E-state index in [0.29, 0.717) is 0 Å². The van der Waals surface area contributed by atoms with E-state index in [0.717, 1.165) is 42.6 Å². The molecule has 2 heterocycles. The van der Waals surface area contributed by atoms with Crippen molar-refractivity contribution in [2.75, 3.05) is 13.6 Å². The lowest BCUT2D eigenvalue weighted by molar-refractivity contribution is -0.131. The van der Waals surface area contributed by atoms with Crippen LogP contribution in [0.1, 0.15) is 42.0 Å². The molecule has 1 unspecified atom stereocenters. The molecule has 4 heteroatoms. The highest BCUT2D eigenvalue weighted by atomic mass is 19.1. The zero-order chi connectivity index (χ0) is 16.9. The molecule has 122 valence electrons. The summed E-state index contributed by atoms with van der Waals surface area (Å²) < 4.78 is 12.9. The maximum absolute atomic E-state index is 12.9. The van der Waals surface area contributed by atoms with E-state index in [2.05, 4.69) is 16.8 Å². The van der Waals surface area contributed by atoms with Gasteiger partial charge in [0.2, 0.25) is 5.91 Å². The van der Waals surface area contributed by atoms with Gasteiger partial charge in [0.1, 0.15) is 5.82 Å². The lowest BCUT2D eigenvalue weighted by Gasteiger charge is -2.19. The molecule has 1 aromatic heterocycles. The predicted molar refractivity (Wildman–Crippen MR) is 90.8 cm³/mol. The highest BCUT2D eigenvalue weighted by Crippen LogP contribution is 2.25. The van der Waals surface area contributed by atoms with Crippen molar-refractivity contribution >= 4 is 5.91 Å². The number of hydrogen-bond donors (Lipinski definition) is 0. The molecule has 0 spiro atoms. The smallest absolute Gasteiger partial charge is 0.231 e. The molecule has 1 amide bonds. The van der Waals surface area contributed by atoms with E-state index in [1.54, 1.807) is 23.2 Å². The molecule has 0 aliphatic carbocycles. The molecule has 2 aromatic rings. The number of benzene rings is 1. The SMILES string of the molecule is CN1CCCCC(c2ccc(C#Cc3ccc(F)cc3)cn2)C1=O. The normalized spacial score (nSPS) is 17.8. The third-order valence-electron chi connectivity index (χ3n) is 4.25. The van der Waals surface area contributed by atoms with Crippen molar-refractivity contribution < 1.29 is 9.18 Å². The van der Waals surface area contributed by atoms with Crippen LogP contribution in [0.25, 0.3) is 0 Å². The van der Waals surface area contributed by atoms with Gasteiger partial charge in [0.25, 0.3) is 0 Å². The standard InChI is InChI=1S/C20H19FN2O/c1-23-13-3-2-4-18(20(23)24)19-12-9-16(14-22-19)6-5-15-7-10-17(21)11-8-15/h7-12,14,18H,2-4,13H2,1H3. The summed E-state index contributed by atoms with van der Waals surface area (Å²) in [5.41, 5.74) is 2.33. The number of likely N-dealkylation sites (tertiary alicyclic amines) is 1. The van der Waals surface area contributed by atoms with E-state index in [-0.39, 0.29) is 17.6 Å². The minimum Gasteiger partial charge on any atom is -0.345 e. The number of aromatic nitrogens is 1. The van der Waals surface area contributed by atoms with Gasteiger partial charge in [-0.1, -0.05) is 18.3 Å². The Labute approximate surface area is 141 Å². The summed E-state index contributed by atoms with van der Waals surface area (Å²) in [4.78, 5) is 18.6. The fourth-order valence-corrected chi connectivity index (χ4v) is 2.83. The van der Waals surface area contributed by atoms with Crippen LogP contribution >= 0.6 is 0 Å². The van der Waals surface area contributed by atoms with Crippen molar-refractivity contribution in [3.8, 4) is 11.8 Å². The van der Waals surface area contributed by atoms with Crippen LogP contribution in [0.15, 0.2) is 42.6 Å². The summed E-state index contributed by atoms with van der Waals surface area (Å²) in [5, 5.41) is 0. The lowest BCUT2D eigenvalue weighted by Crippen LogP contribution is -2.30. The van der Waals surface area contributed by atoms with Gasteiger partial charge in [-0.25, -0.2) is 4.39 Å². The first-order chi connectivity index (χ1) is 11.6. The van der Waals surface area contributed by atoms with E-state index in [4.69, 9.17) is 0 Å². The van der Waals surface area contributed by atoms with Crippen LogP contribution in [0.2, 0.25) is 0 Å². The van der Waals surface area contributed by atoms with Crippen LogP contribution in [0, 0.1) is 17.7 Å². The Kier molecular flexibility index (Phi) is 4.90. The van der Waals surface area contributed by atoms with E-state index in [1.165, 1.54) is 12.1 Å². The minimum atomic E-state index is -0.274. The summed E-state index contributed by atoms with van der Waals surface area (Å²) >= 11 is 0. The van der Waals surface area contributed by atoms with Crippen molar-refractivity contribution in [1.82, 2.24) is 9.88 Å². The number of halogens is 1. The second kappa shape index (κ2) is 7.27. The van der Waals surface area contributed by atoms with Crippen molar-refractivity contribution in [3.05, 3.63) is 65.2 Å². The summed E-state index contributed by atoms with van der Waals surface area (Å²) in [6.07, 6.45) is 4.62. The van der Waals surface area contributed by atoms with Crippen LogP contribution in [0.5, 0.6) is 0 Å². The Hall–Kier alpha value is -2.67. The van der Waals surface area contributed by atoms with E-state index < -0.39 is 0 Å². The summed E-state index contributed by atoms with van der Waals surface area (Å²) in [5.74, 6) is 5.71. The van der Waals surface area contributed by atoms with Gasteiger partial charge in [-0.15, -0.1) is 0 Å². The number of amides is 1. The number of carbonyl (C=O) groups excluding carboxylic acids is 1. The van der Waals surface area contributed by atoms with Crippen molar-refractivity contribution in [2.24, 2.45) is 0 Å². The number of rotatable bonds is 1. The van der Waals surface area contributed by atoms with E-state index in [1.807, 2.05) is 19.2 Å². The van der Waals surface area contributed by atoms with Crippen LogP contribution in [-0.2, 0) is 4.79 Å². The molecule has 1 fully saturated rings. The molecule has 1 aromatic carbocycles. The van der Waals surface area contributed by atoms with Gasteiger partial charge >= 0.3 is 0 Å². The number of pyridine rings is 1. The van der Waals surface area contributed by atoms with Gasteiger partial charge in [0.15, 0.2) is 0 Å².